The zero-order valence-electron chi connectivity index (χ0n) is 24.6. The molecule has 9 rings (SSSR count). The van der Waals surface area contributed by atoms with Crippen molar-refractivity contribution in [2.75, 3.05) is 0 Å². The number of fused-ring (bicyclic) bond motifs is 6. The summed E-state index contributed by atoms with van der Waals surface area (Å²) in [7, 11) is 0. The standard InChI is InChI=1S/C42H29IN2/c43-38-26-31(28-14-6-2-7-15-28)25-37-36-24-30(27-12-4-1-5-13-27)23-34(41(36)44-42(37)38)29-20-21-40-35(22-29)33-18-10-11-19-39(33)45(40)32-16-8-3-9-17-32/h1-8,10-16,18-26,44H,9,17H2. The first-order valence-electron chi connectivity index (χ1n) is 15.5. The van der Waals surface area contributed by atoms with Crippen LogP contribution in [0.2, 0.25) is 0 Å². The number of aromatic nitrogens is 2. The number of hydrogen-bond acceptors (Lipinski definition) is 0. The summed E-state index contributed by atoms with van der Waals surface area (Å²) in [4.78, 5) is 3.88. The monoisotopic (exact) mass is 688 g/mol. The molecule has 0 atom stereocenters. The third-order valence-corrected chi connectivity index (χ3v) is 10.1. The van der Waals surface area contributed by atoms with Crippen LogP contribution in [0.3, 0.4) is 0 Å². The lowest BCUT2D eigenvalue weighted by Crippen LogP contribution is -1.98. The van der Waals surface area contributed by atoms with Crippen molar-refractivity contribution in [3.8, 4) is 33.4 Å². The van der Waals surface area contributed by atoms with Gasteiger partial charge in [0.1, 0.15) is 0 Å². The molecule has 0 aliphatic heterocycles. The summed E-state index contributed by atoms with van der Waals surface area (Å²) in [6.45, 7) is 0. The third-order valence-electron chi connectivity index (χ3n) is 9.25. The largest absolute Gasteiger partial charge is 0.353 e. The number of allylic oxidation sites excluding steroid dienone is 4. The second kappa shape index (κ2) is 10.6. The summed E-state index contributed by atoms with van der Waals surface area (Å²) >= 11 is 2.49. The van der Waals surface area contributed by atoms with Crippen LogP contribution in [-0.4, -0.2) is 9.55 Å². The van der Waals surface area contributed by atoms with Gasteiger partial charge in [0, 0.05) is 36.4 Å². The number of benzene rings is 6. The van der Waals surface area contributed by atoms with E-state index in [9.17, 15) is 0 Å². The fourth-order valence-electron chi connectivity index (χ4n) is 7.11. The van der Waals surface area contributed by atoms with Crippen LogP contribution in [0.15, 0.2) is 146 Å². The Kier molecular flexibility index (Phi) is 6.27. The minimum absolute atomic E-state index is 1.05. The van der Waals surface area contributed by atoms with Crippen molar-refractivity contribution in [3.05, 3.63) is 149 Å². The van der Waals surface area contributed by atoms with E-state index < -0.39 is 0 Å². The van der Waals surface area contributed by atoms with Gasteiger partial charge in [0.25, 0.3) is 0 Å². The Morgan fingerprint density at radius 3 is 1.91 bits per heavy atom. The quantitative estimate of drug-likeness (QED) is 0.178. The smallest absolute Gasteiger partial charge is 0.0601 e. The summed E-state index contributed by atoms with van der Waals surface area (Å²) in [5.41, 5.74) is 13.6. The van der Waals surface area contributed by atoms with Crippen LogP contribution in [0, 0.1) is 3.57 Å². The van der Waals surface area contributed by atoms with Crippen LogP contribution >= 0.6 is 22.6 Å². The number of rotatable bonds is 4. The highest BCUT2D eigenvalue weighted by Gasteiger charge is 2.19. The van der Waals surface area contributed by atoms with Gasteiger partial charge in [-0.15, -0.1) is 0 Å². The Morgan fingerprint density at radius 1 is 0.533 bits per heavy atom. The fraction of sp³-hybridized carbons (Fsp3) is 0.0476. The lowest BCUT2D eigenvalue weighted by Gasteiger charge is -2.14. The van der Waals surface area contributed by atoms with Gasteiger partial charge in [-0.1, -0.05) is 97.1 Å². The van der Waals surface area contributed by atoms with E-state index in [1.54, 1.807) is 0 Å². The highest BCUT2D eigenvalue weighted by molar-refractivity contribution is 14.1. The molecule has 0 fully saturated rings. The first-order valence-corrected chi connectivity index (χ1v) is 16.6. The molecule has 0 unspecified atom stereocenters. The van der Waals surface area contributed by atoms with Crippen LogP contribution in [-0.2, 0) is 0 Å². The van der Waals surface area contributed by atoms with Crippen molar-refractivity contribution in [2.24, 2.45) is 0 Å². The van der Waals surface area contributed by atoms with Crippen molar-refractivity contribution in [1.29, 1.82) is 0 Å². The molecule has 45 heavy (non-hydrogen) atoms. The van der Waals surface area contributed by atoms with Crippen molar-refractivity contribution < 1.29 is 0 Å². The van der Waals surface area contributed by atoms with Crippen LogP contribution in [0.4, 0.5) is 0 Å². The van der Waals surface area contributed by atoms with E-state index in [0.717, 1.165) is 12.8 Å². The summed E-state index contributed by atoms with van der Waals surface area (Å²) in [6, 6.07) is 46.7. The third kappa shape index (κ3) is 4.37. The van der Waals surface area contributed by atoms with E-state index in [2.05, 4.69) is 178 Å². The molecule has 1 aliphatic rings. The predicted octanol–water partition coefficient (Wildman–Crippen LogP) is 12.2. The minimum Gasteiger partial charge on any atom is -0.353 e. The average molecular weight is 689 g/mol. The molecule has 0 saturated heterocycles. The van der Waals surface area contributed by atoms with Crippen LogP contribution in [0.1, 0.15) is 12.8 Å². The van der Waals surface area contributed by atoms with Gasteiger partial charge in [0.15, 0.2) is 0 Å². The number of H-pyrrole nitrogens is 1. The lowest BCUT2D eigenvalue weighted by molar-refractivity contribution is 0.979. The molecule has 8 aromatic rings. The van der Waals surface area contributed by atoms with E-state index in [-0.39, 0.29) is 0 Å². The van der Waals surface area contributed by atoms with E-state index in [4.69, 9.17) is 0 Å². The Bertz CT molecular complexity index is 2480. The number of para-hydroxylation sites is 1. The summed E-state index contributed by atoms with van der Waals surface area (Å²) < 4.78 is 3.69. The molecule has 2 aromatic heterocycles. The van der Waals surface area contributed by atoms with E-state index >= 15 is 0 Å². The second-order valence-corrected chi connectivity index (χ2v) is 13.1. The number of halogens is 1. The zero-order valence-corrected chi connectivity index (χ0v) is 26.8. The maximum Gasteiger partial charge on any atom is 0.0601 e. The molecule has 6 aromatic carbocycles. The van der Waals surface area contributed by atoms with Gasteiger partial charge in [0.05, 0.1) is 22.1 Å². The molecule has 0 radical (unpaired) electrons. The number of nitrogens with one attached hydrogen (secondary N) is 1. The topological polar surface area (TPSA) is 20.7 Å². The normalized spacial score (nSPS) is 13.3. The van der Waals surface area contributed by atoms with Crippen molar-refractivity contribution in [2.45, 2.75) is 12.8 Å². The molecule has 0 amide bonds. The molecule has 214 valence electrons. The molecule has 1 N–H and O–H groups in total. The maximum absolute atomic E-state index is 3.88. The maximum atomic E-state index is 3.88. The Balaban J connectivity index is 1.33. The Hall–Kier alpha value is -4.87. The van der Waals surface area contributed by atoms with Gasteiger partial charge in [-0.25, -0.2) is 0 Å². The van der Waals surface area contributed by atoms with Gasteiger partial charge in [-0.05, 0) is 112 Å². The first-order chi connectivity index (χ1) is 22.2. The van der Waals surface area contributed by atoms with E-state index in [0.29, 0.717) is 0 Å². The number of nitrogens with zero attached hydrogens (tertiary/aromatic N) is 1. The SMILES string of the molecule is Ic1cc(-c2ccccc2)cc2c1[nH]c1c(-c3ccc4c(c3)c3ccccc3n4C3=CC=CCC3)cc(-c3ccccc3)cc12. The fourth-order valence-corrected chi connectivity index (χ4v) is 7.87. The zero-order chi connectivity index (χ0) is 29.9. The van der Waals surface area contributed by atoms with Crippen LogP contribution in [0.25, 0.3) is 82.7 Å². The minimum atomic E-state index is 1.05. The molecule has 1 aliphatic carbocycles. The van der Waals surface area contributed by atoms with Crippen molar-refractivity contribution in [3.63, 3.8) is 0 Å². The molecular weight excluding hydrogens is 659 g/mol. The molecule has 3 heteroatoms. The highest BCUT2D eigenvalue weighted by atomic mass is 127. The van der Waals surface area contributed by atoms with E-state index in [1.165, 1.54) is 86.3 Å². The highest BCUT2D eigenvalue weighted by Crippen LogP contribution is 2.42. The molecule has 2 nitrogen and oxygen atoms in total. The molecule has 2 heterocycles. The summed E-state index contributed by atoms with van der Waals surface area (Å²) in [5.74, 6) is 0. The molecule has 0 spiro atoms. The van der Waals surface area contributed by atoms with Gasteiger partial charge in [0.2, 0.25) is 0 Å². The Morgan fingerprint density at radius 2 is 1.18 bits per heavy atom. The second-order valence-electron chi connectivity index (χ2n) is 11.9. The first kappa shape index (κ1) is 26.5. The lowest BCUT2D eigenvalue weighted by atomic mass is 9.94. The van der Waals surface area contributed by atoms with Crippen LogP contribution < -0.4 is 0 Å². The predicted molar refractivity (Wildman–Crippen MR) is 200 cm³/mol. The van der Waals surface area contributed by atoms with Gasteiger partial charge in [-0.3, -0.25) is 0 Å². The summed E-state index contributed by atoms with van der Waals surface area (Å²) in [6.07, 6.45) is 8.84. The van der Waals surface area contributed by atoms with Crippen molar-refractivity contribution >= 4 is 71.9 Å². The number of hydrogen-bond donors (Lipinski definition) is 1. The summed E-state index contributed by atoms with van der Waals surface area (Å²) in [5, 5.41) is 5.08. The average Bonchev–Trinajstić information content (AvgIpc) is 3.65. The molecular formula is C42H29IN2. The van der Waals surface area contributed by atoms with E-state index in [1.807, 2.05) is 0 Å². The Labute approximate surface area is 275 Å². The number of aromatic amines is 1. The van der Waals surface area contributed by atoms with Gasteiger partial charge < -0.3 is 9.55 Å². The molecule has 0 saturated carbocycles. The molecule has 0 bridgehead atoms. The van der Waals surface area contributed by atoms with Crippen LogP contribution in [0.5, 0.6) is 0 Å². The van der Waals surface area contributed by atoms with Gasteiger partial charge in [-0.2, -0.15) is 0 Å². The van der Waals surface area contributed by atoms with Crippen molar-refractivity contribution in [1.82, 2.24) is 9.55 Å². The van der Waals surface area contributed by atoms with Gasteiger partial charge >= 0.3 is 0 Å².